The molecule has 1 aromatic rings. The predicted octanol–water partition coefficient (Wildman–Crippen LogP) is 2.50. The molecule has 4 nitrogen and oxygen atoms in total. The lowest BCUT2D eigenvalue weighted by Crippen LogP contribution is -2.26. The van der Waals surface area contributed by atoms with Crippen molar-refractivity contribution in [2.45, 2.75) is 39.2 Å². The largest absolute Gasteiger partial charge is 0.465 e. The van der Waals surface area contributed by atoms with Crippen molar-refractivity contribution in [1.29, 1.82) is 0 Å². The Kier molecular flexibility index (Phi) is 5.55. The van der Waals surface area contributed by atoms with Crippen molar-refractivity contribution in [1.82, 2.24) is 0 Å². The van der Waals surface area contributed by atoms with E-state index in [9.17, 15) is 9.59 Å². The molecule has 0 aliphatic heterocycles. The van der Waals surface area contributed by atoms with Crippen molar-refractivity contribution in [3.63, 3.8) is 0 Å². The molecular formula is C15H20O4. The Morgan fingerprint density at radius 2 is 1.68 bits per heavy atom. The average molecular weight is 264 g/mol. The van der Waals surface area contributed by atoms with Crippen LogP contribution in [0.25, 0.3) is 0 Å². The van der Waals surface area contributed by atoms with Gasteiger partial charge in [-0.1, -0.05) is 30.3 Å². The number of hydrogen-bond acceptors (Lipinski definition) is 4. The molecule has 0 N–H and O–H groups in total. The van der Waals surface area contributed by atoms with Crippen LogP contribution in [0.15, 0.2) is 30.3 Å². The second-order valence-corrected chi connectivity index (χ2v) is 5.22. The van der Waals surface area contributed by atoms with Gasteiger partial charge in [0.25, 0.3) is 0 Å². The SMILES string of the molecule is CC(C)(C)OC(=O)CC(=O)OCCc1ccccc1. The van der Waals surface area contributed by atoms with Gasteiger partial charge in [-0.05, 0) is 26.3 Å². The zero-order chi connectivity index (χ0) is 14.3. The van der Waals surface area contributed by atoms with E-state index in [-0.39, 0.29) is 13.0 Å². The minimum absolute atomic E-state index is 0.269. The summed E-state index contributed by atoms with van der Waals surface area (Å²) in [4.78, 5) is 22.8. The summed E-state index contributed by atoms with van der Waals surface area (Å²) < 4.78 is 10.0. The molecule has 0 saturated heterocycles. The minimum atomic E-state index is -0.582. The topological polar surface area (TPSA) is 52.6 Å². The molecule has 0 unspecified atom stereocenters. The van der Waals surface area contributed by atoms with Crippen molar-refractivity contribution in [3.05, 3.63) is 35.9 Å². The number of ether oxygens (including phenoxy) is 2. The summed E-state index contributed by atoms with van der Waals surface area (Å²) in [6, 6.07) is 9.71. The molecule has 0 aliphatic rings. The van der Waals surface area contributed by atoms with Gasteiger partial charge in [0.1, 0.15) is 12.0 Å². The Bertz CT molecular complexity index is 418. The molecule has 0 bridgehead atoms. The molecule has 4 heteroatoms. The lowest BCUT2D eigenvalue weighted by molar-refractivity contribution is -0.161. The Balaban J connectivity index is 2.23. The third kappa shape index (κ3) is 7.24. The van der Waals surface area contributed by atoms with Crippen molar-refractivity contribution >= 4 is 11.9 Å². The van der Waals surface area contributed by atoms with Crippen LogP contribution < -0.4 is 0 Å². The number of benzene rings is 1. The number of carbonyl (C=O) groups excluding carboxylic acids is 2. The summed E-state index contributed by atoms with van der Waals surface area (Å²) in [5.41, 5.74) is 0.508. The first kappa shape index (κ1) is 15.2. The van der Waals surface area contributed by atoms with Gasteiger partial charge in [0.15, 0.2) is 0 Å². The standard InChI is InChI=1S/C15H20O4/c1-15(2,3)19-14(17)11-13(16)18-10-9-12-7-5-4-6-8-12/h4-8H,9-11H2,1-3H3. The fraction of sp³-hybridized carbons (Fsp3) is 0.467. The molecule has 0 fully saturated rings. The summed E-state index contributed by atoms with van der Waals surface area (Å²) in [5, 5.41) is 0. The highest BCUT2D eigenvalue weighted by atomic mass is 16.6. The van der Waals surface area contributed by atoms with Crippen LogP contribution in [0.3, 0.4) is 0 Å². The van der Waals surface area contributed by atoms with E-state index in [0.29, 0.717) is 6.42 Å². The smallest absolute Gasteiger partial charge is 0.317 e. The summed E-state index contributed by atoms with van der Waals surface area (Å²) in [7, 11) is 0. The average Bonchev–Trinajstić information content (AvgIpc) is 2.27. The van der Waals surface area contributed by atoms with E-state index in [1.165, 1.54) is 0 Å². The minimum Gasteiger partial charge on any atom is -0.465 e. The molecule has 0 atom stereocenters. The predicted molar refractivity (Wildman–Crippen MR) is 71.6 cm³/mol. The number of hydrogen-bond donors (Lipinski definition) is 0. The van der Waals surface area contributed by atoms with Crippen LogP contribution in [0.4, 0.5) is 0 Å². The molecule has 0 saturated carbocycles. The normalized spacial score (nSPS) is 10.9. The molecule has 0 spiro atoms. The van der Waals surface area contributed by atoms with E-state index < -0.39 is 17.5 Å². The molecule has 1 aromatic carbocycles. The highest BCUT2D eigenvalue weighted by molar-refractivity contribution is 5.91. The van der Waals surface area contributed by atoms with Crippen LogP contribution in [0.2, 0.25) is 0 Å². The highest BCUT2D eigenvalue weighted by Crippen LogP contribution is 2.08. The third-order valence-corrected chi connectivity index (χ3v) is 2.21. The first-order chi connectivity index (χ1) is 8.87. The maximum atomic E-state index is 11.4. The molecule has 104 valence electrons. The number of carbonyl (C=O) groups is 2. The maximum Gasteiger partial charge on any atom is 0.317 e. The van der Waals surface area contributed by atoms with Crippen LogP contribution >= 0.6 is 0 Å². The second-order valence-electron chi connectivity index (χ2n) is 5.22. The summed E-state index contributed by atoms with van der Waals surface area (Å²) >= 11 is 0. The molecule has 0 aromatic heterocycles. The first-order valence-electron chi connectivity index (χ1n) is 6.28. The monoisotopic (exact) mass is 264 g/mol. The van der Waals surface area contributed by atoms with E-state index in [1.54, 1.807) is 20.8 Å². The van der Waals surface area contributed by atoms with E-state index in [2.05, 4.69) is 0 Å². The number of esters is 2. The van der Waals surface area contributed by atoms with Crippen LogP contribution in [0.5, 0.6) is 0 Å². The van der Waals surface area contributed by atoms with Crippen LogP contribution in [-0.4, -0.2) is 24.1 Å². The molecule has 1 rings (SSSR count). The van der Waals surface area contributed by atoms with Crippen molar-refractivity contribution in [2.75, 3.05) is 6.61 Å². The molecule has 0 amide bonds. The zero-order valence-corrected chi connectivity index (χ0v) is 11.6. The molecule has 19 heavy (non-hydrogen) atoms. The lowest BCUT2D eigenvalue weighted by atomic mass is 10.2. The fourth-order valence-corrected chi connectivity index (χ4v) is 1.47. The molecule has 0 heterocycles. The van der Waals surface area contributed by atoms with Gasteiger partial charge in [0, 0.05) is 6.42 Å². The summed E-state index contributed by atoms with van der Waals surface area (Å²) in [6.45, 7) is 5.54. The zero-order valence-electron chi connectivity index (χ0n) is 11.6. The van der Waals surface area contributed by atoms with Gasteiger partial charge in [-0.3, -0.25) is 9.59 Å². The maximum absolute atomic E-state index is 11.4. The first-order valence-corrected chi connectivity index (χ1v) is 6.28. The molecule has 0 radical (unpaired) electrons. The highest BCUT2D eigenvalue weighted by Gasteiger charge is 2.19. The Hall–Kier alpha value is -1.84. The van der Waals surface area contributed by atoms with E-state index in [4.69, 9.17) is 9.47 Å². The third-order valence-electron chi connectivity index (χ3n) is 2.21. The van der Waals surface area contributed by atoms with Crippen molar-refractivity contribution in [2.24, 2.45) is 0 Å². The quantitative estimate of drug-likeness (QED) is 0.605. The second kappa shape index (κ2) is 6.92. The number of rotatable bonds is 5. The van der Waals surface area contributed by atoms with Gasteiger partial charge in [-0.25, -0.2) is 0 Å². The van der Waals surface area contributed by atoms with Crippen LogP contribution in [-0.2, 0) is 25.5 Å². The molecular weight excluding hydrogens is 244 g/mol. The van der Waals surface area contributed by atoms with Crippen molar-refractivity contribution in [3.8, 4) is 0 Å². The molecule has 0 aliphatic carbocycles. The van der Waals surface area contributed by atoms with E-state index >= 15 is 0 Å². The van der Waals surface area contributed by atoms with Gasteiger partial charge in [-0.2, -0.15) is 0 Å². The Labute approximate surface area is 113 Å². The Morgan fingerprint density at radius 1 is 1.05 bits per heavy atom. The van der Waals surface area contributed by atoms with Crippen molar-refractivity contribution < 1.29 is 19.1 Å². The van der Waals surface area contributed by atoms with E-state index in [0.717, 1.165) is 5.56 Å². The Morgan fingerprint density at radius 3 is 2.26 bits per heavy atom. The van der Waals surface area contributed by atoms with Gasteiger partial charge in [0.05, 0.1) is 6.61 Å². The van der Waals surface area contributed by atoms with Gasteiger partial charge >= 0.3 is 11.9 Å². The lowest BCUT2D eigenvalue weighted by Gasteiger charge is -2.19. The van der Waals surface area contributed by atoms with Gasteiger partial charge in [-0.15, -0.1) is 0 Å². The van der Waals surface area contributed by atoms with E-state index in [1.807, 2.05) is 30.3 Å². The van der Waals surface area contributed by atoms with Gasteiger partial charge in [0.2, 0.25) is 0 Å². The fourth-order valence-electron chi connectivity index (χ4n) is 1.47. The summed E-state index contributed by atoms with van der Waals surface area (Å²) in [5.74, 6) is -1.11. The van der Waals surface area contributed by atoms with Crippen LogP contribution in [0.1, 0.15) is 32.8 Å². The van der Waals surface area contributed by atoms with Gasteiger partial charge < -0.3 is 9.47 Å². The van der Waals surface area contributed by atoms with Crippen LogP contribution in [0, 0.1) is 0 Å². The summed E-state index contributed by atoms with van der Waals surface area (Å²) in [6.07, 6.45) is 0.299.